The Hall–Kier alpha value is -0.550. The molecule has 0 aliphatic heterocycles. The van der Waals surface area contributed by atoms with Crippen LogP contribution in [0.15, 0.2) is 9.72 Å². The Kier molecular flexibility index (Phi) is 4.97. The second kappa shape index (κ2) is 6.03. The third-order valence-corrected chi connectivity index (χ3v) is 3.67. The van der Waals surface area contributed by atoms with E-state index in [0.29, 0.717) is 13.0 Å². The van der Waals surface area contributed by atoms with Gasteiger partial charge in [-0.2, -0.15) is 0 Å². The second-order valence-electron chi connectivity index (χ2n) is 2.81. The summed E-state index contributed by atoms with van der Waals surface area (Å²) in [5.41, 5.74) is 1.05. The van der Waals surface area contributed by atoms with Crippen molar-refractivity contribution < 1.29 is 4.79 Å². The molecule has 1 amide bonds. The summed E-state index contributed by atoms with van der Waals surface area (Å²) in [4.78, 5) is 15.4. The minimum Gasteiger partial charge on any atom is -0.356 e. The number of aromatic nitrogens is 1. The molecule has 0 unspecified atom stereocenters. The minimum absolute atomic E-state index is 0.119. The molecule has 1 rings (SSSR count). The van der Waals surface area contributed by atoms with Crippen LogP contribution in [-0.2, 0) is 4.79 Å². The van der Waals surface area contributed by atoms with Gasteiger partial charge in [0.1, 0.15) is 4.34 Å². The molecule has 3 nitrogen and oxygen atoms in total. The van der Waals surface area contributed by atoms with Crippen LogP contribution in [-0.4, -0.2) is 23.2 Å². The van der Waals surface area contributed by atoms with Crippen LogP contribution in [0.4, 0.5) is 0 Å². The number of carbonyl (C=O) groups is 1. The maximum absolute atomic E-state index is 11.1. The molecule has 0 saturated heterocycles. The molecule has 1 heterocycles. The predicted molar refractivity (Wildman–Crippen MR) is 60.9 cm³/mol. The van der Waals surface area contributed by atoms with E-state index in [1.165, 1.54) is 0 Å². The Morgan fingerprint density at radius 1 is 1.71 bits per heavy atom. The second-order valence-corrected chi connectivity index (χ2v) is 5.01. The van der Waals surface area contributed by atoms with Crippen molar-refractivity contribution in [1.29, 1.82) is 0 Å². The molecule has 14 heavy (non-hydrogen) atoms. The van der Waals surface area contributed by atoms with Crippen molar-refractivity contribution in [3.63, 3.8) is 0 Å². The highest BCUT2D eigenvalue weighted by Gasteiger charge is 2.02. The SMILES string of the molecule is CCNC(=O)CCSc1nc(C)cs1. The van der Waals surface area contributed by atoms with Crippen molar-refractivity contribution in [3.8, 4) is 0 Å². The largest absolute Gasteiger partial charge is 0.356 e. The lowest BCUT2D eigenvalue weighted by molar-refractivity contribution is -0.120. The van der Waals surface area contributed by atoms with E-state index in [0.717, 1.165) is 15.8 Å². The van der Waals surface area contributed by atoms with Crippen LogP contribution in [0.5, 0.6) is 0 Å². The standard InChI is InChI=1S/C9H14N2OS2/c1-3-10-8(12)4-5-13-9-11-7(2)6-14-9/h6H,3-5H2,1-2H3,(H,10,12). The number of nitrogens with one attached hydrogen (secondary N) is 1. The number of hydrogen-bond acceptors (Lipinski definition) is 4. The molecule has 0 aromatic carbocycles. The summed E-state index contributed by atoms with van der Waals surface area (Å²) in [6.45, 7) is 4.61. The lowest BCUT2D eigenvalue weighted by Crippen LogP contribution is -2.22. The molecule has 0 spiro atoms. The monoisotopic (exact) mass is 230 g/mol. The highest BCUT2D eigenvalue weighted by molar-refractivity contribution is 8.01. The van der Waals surface area contributed by atoms with E-state index in [9.17, 15) is 4.79 Å². The van der Waals surface area contributed by atoms with Crippen molar-refractivity contribution in [2.75, 3.05) is 12.3 Å². The Balaban J connectivity index is 2.18. The number of carbonyl (C=O) groups excluding carboxylic acids is 1. The summed E-state index contributed by atoms with van der Waals surface area (Å²) in [5, 5.41) is 4.79. The first kappa shape index (κ1) is 11.5. The van der Waals surface area contributed by atoms with Crippen molar-refractivity contribution >= 4 is 29.0 Å². The zero-order chi connectivity index (χ0) is 10.4. The number of hydrogen-bond donors (Lipinski definition) is 1. The minimum atomic E-state index is 0.119. The molecule has 5 heteroatoms. The van der Waals surface area contributed by atoms with E-state index in [4.69, 9.17) is 0 Å². The van der Waals surface area contributed by atoms with E-state index in [1.54, 1.807) is 23.1 Å². The molecule has 0 fully saturated rings. The Bertz CT molecular complexity index is 299. The Morgan fingerprint density at radius 2 is 2.50 bits per heavy atom. The van der Waals surface area contributed by atoms with Crippen LogP contribution in [0.25, 0.3) is 0 Å². The van der Waals surface area contributed by atoms with E-state index in [2.05, 4.69) is 10.3 Å². The topological polar surface area (TPSA) is 42.0 Å². The fraction of sp³-hybridized carbons (Fsp3) is 0.556. The summed E-state index contributed by atoms with van der Waals surface area (Å²) in [6.07, 6.45) is 0.567. The average Bonchev–Trinajstić information content (AvgIpc) is 2.52. The first-order chi connectivity index (χ1) is 6.72. The fourth-order valence-electron chi connectivity index (χ4n) is 0.915. The molecule has 1 N–H and O–H groups in total. The van der Waals surface area contributed by atoms with E-state index in [1.807, 2.05) is 19.2 Å². The van der Waals surface area contributed by atoms with Crippen LogP contribution < -0.4 is 5.32 Å². The van der Waals surface area contributed by atoms with Crippen LogP contribution in [0.1, 0.15) is 19.0 Å². The molecule has 1 aromatic heterocycles. The number of amides is 1. The summed E-state index contributed by atoms with van der Waals surface area (Å²) in [6, 6.07) is 0. The highest BCUT2D eigenvalue weighted by Crippen LogP contribution is 2.22. The maximum atomic E-state index is 11.1. The van der Waals surface area contributed by atoms with Crippen molar-refractivity contribution in [2.45, 2.75) is 24.6 Å². The quantitative estimate of drug-likeness (QED) is 0.787. The first-order valence-corrected chi connectivity index (χ1v) is 6.40. The van der Waals surface area contributed by atoms with Gasteiger partial charge in [-0.15, -0.1) is 11.3 Å². The number of thioether (sulfide) groups is 1. The van der Waals surface area contributed by atoms with Gasteiger partial charge in [-0.3, -0.25) is 4.79 Å². The van der Waals surface area contributed by atoms with Gasteiger partial charge in [-0.05, 0) is 13.8 Å². The molecule has 1 aromatic rings. The number of aryl methyl sites for hydroxylation is 1. The molecule has 0 saturated carbocycles. The molecule has 0 atom stereocenters. The van der Waals surface area contributed by atoms with Crippen LogP contribution >= 0.6 is 23.1 Å². The zero-order valence-corrected chi connectivity index (χ0v) is 10.0. The van der Waals surface area contributed by atoms with Gasteiger partial charge < -0.3 is 5.32 Å². The van der Waals surface area contributed by atoms with Crippen molar-refractivity contribution in [2.24, 2.45) is 0 Å². The van der Waals surface area contributed by atoms with Crippen LogP contribution in [0.3, 0.4) is 0 Å². The summed E-state index contributed by atoms with van der Waals surface area (Å²) >= 11 is 3.28. The average molecular weight is 230 g/mol. The van der Waals surface area contributed by atoms with Gasteiger partial charge in [-0.1, -0.05) is 11.8 Å². The molecule has 0 aliphatic carbocycles. The van der Waals surface area contributed by atoms with Crippen molar-refractivity contribution in [3.05, 3.63) is 11.1 Å². The lowest BCUT2D eigenvalue weighted by Gasteiger charge is -1.99. The molecule has 0 bridgehead atoms. The molecule has 0 aliphatic rings. The zero-order valence-electron chi connectivity index (χ0n) is 8.37. The number of nitrogens with zero attached hydrogens (tertiary/aromatic N) is 1. The number of rotatable bonds is 5. The molecule has 0 radical (unpaired) electrons. The van der Waals surface area contributed by atoms with Crippen LogP contribution in [0, 0.1) is 6.92 Å². The Labute approximate surface area is 92.3 Å². The third kappa shape index (κ3) is 4.11. The molecular formula is C9H14N2OS2. The van der Waals surface area contributed by atoms with Gasteiger partial charge in [0.25, 0.3) is 0 Å². The van der Waals surface area contributed by atoms with Gasteiger partial charge in [-0.25, -0.2) is 4.98 Å². The molecular weight excluding hydrogens is 216 g/mol. The normalized spacial score (nSPS) is 10.1. The first-order valence-electron chi connectivity index (χ1n) is 4.54. The van der Waals surface area contributed by atoms with Gasteiger partial charge in [0.2, 0.25) is 5.91 Å². The summed E-state index contributed by atoms with van der Waals surface area (Å²) in [5.74, 6) is 0.923. The Morgan fingerprint density at radius 3 is 3.07 bits per heavy atom. The van der Waals surface area contributed by atoms with Crippen molar-refractivity contribution in [1.82, 2.24) is 10.3 Å². The van der Waals surface area contributed by atoms with Gasteiger partial charge in [0.05, 0.1) is 0 Å². The fourth-order valence-corrected chi connectivity index (χ4v) is 2.77. The summed E-state index contributed by atoms with van der Waals surface area (Å²) < 4.78 is 1.05. The predicted octanol–water partition coefficient (Wildman–Crippen LogP) is 2.07. The third-order valence-electron chi connectivity index (χ3n) is 1.53. The van der Waals surface area contributed by atoms with Crippen LogP contribution in [0.2, 0.25) is 0 Å². The highest BCUT2D eigenvalue weighted by atomic mass is 32.2. The maximum Gasteiger partial charge on any atom is 0.220 e. The van der Waals surface area contributed by atoms with Gasteiger partial charge >= 0.3 is 0 Å². The summed E-state index contributed by atoms with van der Waals surface area (Å²) in [7, 11) is 0. The molecule has 78 valence electrons. The van der Waals surface area contributed by atoms with Gasteiger partial charge in [0.15, 0.2) is 0 Å². The lowest BCUT2D eigenvalue weighted by atomic mass is 10.4. The van der Waals surface area contributed by atoms with E-state index < -0.39 is 0 Å². The van der Waals surface area contributed by atoms with E-state index >= 15 is 0 Å². The smallest absolute Gasteiger partial charge is 0.220 e. The number of thiazole rings is 1. The van der Waals surface area contributed by atoms with E-state index in [-0.39, 0.29) is 5.91 Å². The van der Waals surface area contributed by atoms with Gasteiger partial charge in [0, 0.05) is 29.8 Å².